The van der Waals surface area contributed by atoms with Crippen LogP contribution < -0.4 is 11.5 Å². The van der Waals surface area contributed by atoms with E-state index in [4.69, 9.17) is 30.4 Å². The van der Waals surface area contributed by atoms with Crippen LogP contribution in [0.2, 0.25) is 0 Å². The van der Waals surface area contributed by atoms with Gasteiger partial charge in [-0.3, -0.25) is 0 Å². The number of nitrogen functional groups attached to an aromatic ring is 2. The summed E-state index contributed by atoms with van der Waals surface area (Å²) in [7, 11) is 0. The zero-order valence-corrected chi connectivity index (χ0v) is 25.5. The van der Waals surface area contributed by atoms with Gasteiger partial charge in [-0.05, 0) is 59.0 Å². The van der Waals surface area contributed by atoms with Gasteiger partial charge in [-0.15, -0.1) is 0 Å². The summed E-state index contributed by atoms with van der Waals surface area (Å²) < 4.78 is 25.7. The summed E-state index contributed by atoms with van der Waals surface area (Å²) in [6.45, 7) is -0.355. The van der Waals surface area contributed by atoms with Gasteiger partial charge >= 0.3 is 17.9 Å². The van der Waals surface area contributed by atoms with Crippen LogP contribution in [0.15, 0.2) is 91.0 Å². The van der Waals surface area contributed by atoms with Gasteiger partial charge in [-0.2, -0.15) is 15.1 Å². The summed E-state index contributed by atoms with van der Waals surface area (Å²) in [6.07, 6.45) is -4.86. The molecule has 3 heterocycles. The van der Waals surface area contributed by atoms with E-state index in [-0.39, 0.29) is 35.1 Å². The van der Waals surface area contributed by atoms with E-state index in [9.17, 15) is 14.4 Å². The summed E-state index contributed by atoms with van der Waals surface area (Å²) in [5.74, 6) is -2.07. The van der Waals surface area contributed by atoms with E-state index in [1.807, 2.05) is 22.6 Å². The third-order valence-electron chi connectivity index (χ3n) is 6.97. The Hall–Kier alpha value is -5.09. The molecule has 13 nitrogen and oxygen atoms in total. The first-order valence-corrected chi connectivity index (χ1v) is 14.7. The zero-order valence-electron chi connectivity index (χ0n) is 23.4. The van der Waals surface area contributed by atoms with Gasteiger partial charge in [-0.25, -0.2) is 19.1 Å². The molecule has 2 aromatic heterocycles. The number of fused-ring (bicyclic) bond motifs is 1. The van der Waals surface area contributed by atoms with Crippen molar-refractivity contribution in [3.05, 3.63) is 111 Å². The Morgan fingerprint density at radius 1 is 0.756 bits per heavy atom. The number of esters is 3. The Labute approximate surface area is 269 Å². The van der Waals surface area contributed by atoms with Gasteiger partial charge in [0, 0.05) is 0 Å². The summed E-state index contributed by atoms with van der Waals surface area (Å²) in [5.41, 5.74) is 13.1. The van der Waals surface area contributed by atoms with Crippen LogP contribution in [0.25, 0.3) is 11.0 Å². The normalized spacial score (nSPS) is 19.2. The molecular formula is C31H25IN6O7. The minimum atomic E-state index is -1.29. The van der Waals surface area contributed by atoms with Crippen LogP contribution in [0.1, 0.15) is 37.3 Å². The van der Waals surface area contributed by atoms with E-state index >= 15 is 0 Å². The predicted octanol–water partition coefficient (Wildman–Crippen LogP) is 3.80. The highest BCUT2D eigenvalue weighted by Crippen LogP contribution is 2.38. The molecule has 0 bridgehead atoms. The minimum Gasteiger partial charge on any atom is -0.459 e. The highest BCUT2D eigenvalue weighted by atomic mass is 127. The van der Waals surface area contributed by atoms with Gasteiger partial charge in [-0.1, -0.05) is 54.6 Å². The number of nitrogens with two attached hydrogens (primary N) is 2. The maximum atomic E-state index is 13.4. The molecule has 4 N–H and O–H groups in total. The van der Waals surface area contributed by atoms with E-state index in [1.165, 1.54) is 4.68 Å². The Bertz CT molecular complexity index is 1860. The van der Waals surface area contributed by atoms with Crippen molar-refractivity contribution in [1.29, 1.82) is 0 Å². The highest BCUT2D eigenvalue weighted by molar-refractivity contribution is 14.1. The fraction of sp³-hybridized carbons (Fsp3) is 0.161. The van der Waals surface area contributed by atoms with E-state index < -0.39 is 42.4 Å². The molecule has 228 valence electrons. The van der Waals surface area contributed by atoms with Crippen molar-refractivity contribution in [1.82, 2.24) is 19.7 Å². The SMILES string of the molecule is Nc1nc(N)c2c(I)nn([C@@H]3O[C@H](COC(=O)c4ccccc4)[C@@H](OC(=O)c4ccccc4)[C@H]3OC(=O)c3ccccc3)c2n1. The number of carbonyl (C=O) groups excluding carboxylic acids is 3. The molecule has 0 amide bonds. The van der Waals surface area contributed by atoms with Crippen molar-refractivity contribution >= 4 is 63.3 Å². The summed E-state index contributed by atoms with van der Waals surface area (Å²) in [5, 5.41) is 4.95. The smallest absolute Gasteiger partial charge is 0.338 e. The second-order valence-electron chi connectivity index (χ2n) is 9.90. The van der Waals surface area contributed by atoms with Crippen molar-refractivity contribution in [2.75, 3.05) is 18.1 Å². The van der Waals surface area contributed by atoms with Crippen LogP contribution >= 0.6 is 22.6 Å². The zero-order chi connectivity index (χ0) is 31.5. The number of rotatable bonds is 8. The number of aromatic nitrogens is 4. The van der Waals surface area contributed by atoms with Gasteiger partial charge in [0.25, 0.3) is 0 Å². The van der Waals surface area contributed by atoms with Crippen molar-refractivity contribution in [2.45, 2.75) is 24.5 Å². The average Bonchev–Trinajstić information content (AvgIpc) is 3.56. The number of hydrogen-bond donors (Lipinski definition) is 2. The Morgan fingerprint density at radius 2 is 1.27 bits per heavy atom. The molecule has 4 atom stereocenters. The quantitative estimate of drug-likeness (QED) is 0.135. The Morgan fingerprint density at radius 3 is 1.82 bits per heavy atom. The number of hydrogen-bond acceptors (Lipinski definition) is 12. The molecule has 0 aliphatic carbocycles. The second kappa shape index (κ2) is 12.9. The molecule has 3 aromatic carbocycles. The predicted molar refractivity (Wildman–Crippen MR) is 169 cm³/mol. The standard InChI is InChI=1S/C31H25IN6O7/c32-24-21-25(33)35-31(34)36-26(21)38(37-24)27-23(45-30(41)19-14-8-3-9-15-19)22(44-29(40)18-12-6-2-7-13-18)20(43-27)16-42-28(39)17-10-4-1-5-11-17/h1-15,20,22-23,27H,16H2,(H4,33,34,35,36)/t20-,22-,23-,27-/m1/s1. The fourth-order valence-corrected chi connectivity index (χ4v) is 5.62. The van der Waals surface area contributed by atoms with Gasteiger partial charge in [0.1, 0.15) is 22.2 Å². The minimum absolute atomic E-state index is 0.0874. The Balaban J connectivity index is 1.41. The van der Waals surface area contributed by atoms with E-state index in [0.717, 1.165) is 0 Å². The van der Waals surface area contributed by atoms with E-state index in [2.05, 4.69) is 15.1 Å². The van der Waals surface area contributed by atoms with Crippen LogP contribution in [0.5, 0.6) is 0 Å². The molecule has 14 heteroatoms. The van der Waals surface area contributed by atoms with Crippen molar-refractivity contribution in [3.63, 3.8) is 0 Å². The third-order valence-corrected chi connectivity index (χ3v) is 7.73. The summed E-state index contributed by atoms with van der Waals surface area (Å²) in [4.78, 5) is 48.0. The number of nitrogens with zero attached hydrogens (tertiary/aromatic N) is 4. The number of ether oxygens (including phenoxy) is 4. The molecule has 0 radical (unpaired) electrons. The molecule has 0 spiro atoms. The molecule has 1 fully saturated rings. The molecular weight excluding hydrogens is 695 g/mol. The fourth-order valence-electron chi connectivity index (χ4n) is 4.87. The lowest BCUT2D eigenvalue weighted by molar-refractivity contribution is -0.0655. The Kier molecular flexibility index (Phi) is 8.57. The first kappa shape index (κ1) is 30.0. The molecule has 5 aromatic rings. The third kappa shape index (κ3) is 6.28. The molecule has 0 saturated carbocycles. The molecule has 1 aliphatic rings. The van der Waals surface area contributed by atoms with E-state index in [0.29, 0.717) is 14.7 Å². The van der Waals surface area contributed by atoms with Crippen LogP contribution in [0, 0.1) is 3.70 Å². The van der Waals surface area contributed by atoms with Crippen LogP contribution in [-0.2, 0) is 18.9 Å². The highest BCUT2D eigenvalue weighted by Gasteiger charge is 2.52. The maximum Gasteiger partial charge on any atom is 0.338 e. The van der Waals surface area contributed by atoms with Gasteiger partial charge < -0.3 is 30.4 Å². The lowest BCUT2D eigenvalue weighted by Gasteiger charge is -2.24. The summed E-state index contributed by atoms with van der Waals surface area (Å²) in [6, 6.07) is 24.9. The second-order valence-corrected chi connectivity index (χ2v) is 10.9. The number of carbonyl (C=O) groups is 3. The molecule has 1 saturated heterocycles. The monoisotopic (exact) mass is 720 g/mol. The maximum absolute atomic E-state index is 13.4. The van der Waals surface area contributed by atoms with Crippen molar-refractivity contribution < 1.29 is 33.3 Å². The van der Waals surface area contributed by atoms with Crippen molar-refractivity contribution in [2.24, 2.45) is 0 Å². The molecule has 0 unspecified atom stereocenters. The van der Waals surface area contributed by atoms with Crippen LogP contribution in [-0.4, -0.2) is 62.6 Å². The van der Waals surface area contributed by atoms with E-state index in [1.54, 1.807) is 91.0 Å². The number of benzene rings is 3. The van der Waals surface area contributed by atoms with Crippen LogP contribution in [0.4, 0.5) is 11.8 Å². The molecule has 6 rings (SSSR count). The van der Waals surface area contributed by atoms with Gasteiger partial charge in [0.15, 0.2) is 24.1 Å². The van der Waals surface area contributed by atoms with Gasteiger partial charge in [0.05, 0.1) is 22.1 Å². The lowest BCUT2D eigenvalue weighted by atomic mass is 10.1. The first-order chi connectivity index (χ1) is 21.8. The molecule has 45 heavy (non-hydrogen) atoms. The average molecular weight is 720 g/mol. The van der Waals surface area contributed by atoms with Crippen molar-refractivity contribution in [3.8, 4) is 0 Å². The number of anilines is 2. The molecule has 1 aliphatic heterocycles. The lowest BCUT2D eigenvalue weighted by Crippen LogP contribution is -2.41. The topological polar surface area (TPSA) is 184 Å². The number of halogens is 1. The summed E-state index contributed by atoms with van der Waals surface area (Å²) >= 11 is 1.96. The van der Waals surface area contributed by atoms with Crippen LogP contribution in [0.3, 0.4) is 0 Å². The first-order valence-electron chi connectivity index (χ1n) is 13.7. The van der Waals surface area contributed by atoms with Gasteiger partial charge in [0.2, 0.25) is 5.95 Å². The largest absolute Gasteiger partial charge is 0.459 e.